The van der Waals surface area contributed by atoms with Crippen molar-refractivity contribution in [3.63, 3.8) is 0 Å². The minimum absolute atomic E-state index is 1.05. The zero-order valence-electron chi connectivity index (χ0n) is 8.20. The maximum absolute atomic E-state index is 4.21. The molecule has 0 saturated carbocycles. The molecule has 0 atom stereocenters. The van der Waals surface area contributed by atoms with Crippen LogP contribution in [0, 0.1) is 0 Å². The molecule has 2 heterocycles. The molecule has 2 nitrogen and oxygen atoms in total. The molecule has 15 heavy (non-hydrogen) atoms. The van der Waals surface area contributed by atoms with Crippen LogP contribution in [-0.2, 0) is 0 Å². The molecule has 0 aliphatic rings. The number of nitrogens with one attached hydrogen (secondary N) is 1. The van der Waals surface area contributed by atoms with Gasteiger partial charge in [-0.25, -0.2) is 0 Å². The number of rotatable bonds is 1. The van der Waals surface area contributed by atoms with E-state index in [1.165, 1.54) is 5.39 Å². The summed E-state index contributed by atoms with van der Waals surface area (Å²) in [6.07, 6.45) is 5.54. The van der Waals surface area contributed by atoms with E-state index in [1.807, 2.05) is 30.6 Å². The number of fused-ring (bicyclic) bond motifs is 3. The topological polar surface area (TPSA) is 28.7 Å². The third-order valence-corrected chi connectivity index (χ3v) is 2.67. The number of aromatic amines is 1. The summed E-state index contributed by atoms with van der Waals surface area (Å²) in [4.78, 5) is 7.60. The SMILES string of the molecule is C=Cc1cncc2c1[nH]c1ccccc12. The molecule has 0 bridgehead atoms. The lowest BCUT2D eigenvalue weighted by atomic mass is 10.1. The summed E-state index contributed by atoms with van der Waals surface area (Å²) in [5.74, 6) is 0. The van der Waals surface area contributed by atoms with Gasteiger partial charge in [-0.2, -0.15) is 0 Å². The number of benzene rings is 1. The zero-order valence-corrected chi connectivity index (χ0v) is 8.20. The Kier molecular flexibility index (Phi) is 1.62. The second-order valence-electron chi connectivity index (χ2n) is 3.53. The van der Waals surface area contributed by atoms with Gasteiger partial charge < -0.3 is 4.98 Å². The minimum Gasteiger partial charge on any atom is -0.354 e. The van der Waals surface area contributed by atoms with E-state index < -0.39 is 0 Å². The van der Waals surface area contributed by atoms with Gasteiger partial charge in [0.2, 0.25) is 0 Å². The monoisotopic (exact) mass is 194 g/mol. The molecule has 2 heteroatoms. The Morgan fingerprint density at radius 2 is 2.00 bits per heavy atom. The molecule has 0 saturated heterocycles. The van der Waals surface area contributed by atoms with E-state index in [9.17, 15) is 0 Å². The fourth-order valence-electron chi connectivity index (χ4n) is 1.94. The number of hydrogen-bond donors (Lipinski definition) is 1. The van der Waals surface area contributed by atoms with E-state index in [-0.39, 0.29) is 0 Å². The molecule has 0 aliphatic heterocycles. The van der Waals surface area contributed by atoms with Crippen molar-refractivity contribution in [3.8, 4) is 0 Å². The molecule has 0 unspecified atom stereocenters. The Morgan fingerprint density at radius 1 is 1.13 bits per heavy atom. The van der Waals surface area contributed by atoms with Crippen molar-refractivity contribution in [2.75, 3.05) is 0 Å². The number of aromatic nitrogens is 2. The van der Waals surface area contributed by atoms with Crippen molar-refractivity contribution in [3.05, 3.63) is 48.8 Å². The smallest absolute Gasteiger partial charge is 0.0569 e. The third kappa shape index (κ3) is 1.08. The van der Waals surface area contributed by atoms with Crippen molar-refractivity contribution in [1.82, 2.24) is 9.97 Å². The number of pyridine rings is 1. The van der Waals surface area contributed by atoms with Crippen molar-refractivity contribution < 1.29 is 0 Å². The first-order valence-corrected chi connectivity index (χ1v) is 4.87. The average molecular weight is 194 g/mol. The molecular weight excluding hydrogens is 184 g/mol. The third-order valence-electron chi connectivity index (χ3n) is 2.67. The second kappa shape index (κ2) is 2.95. The number of para-hydroxylation sites is 1. The quantitative estimate of drug-likeness (QED) is 0.632. The summed E-state index contributed by atoms with van der Waals surface area (Å²) >= 11 is 0. The van der Waals surface area contributed by atoms with Gasteiger partial charge in [0.15, 0.2) is 0 Å². The molecule has 1 aromatic carbocycles. The minimum atomic E-state index is 1.05. The molecule has 0 aliphatic carbocycles. The number of hydrogen-bond acceptors (Lipinski definition) is 1. The van der Waals surface area contributed by atoms with Gasteiger partial charge in [0.1, 0.15) is 0 Å². The van der Waals surface area contributed by atoms with Crippen LogP contribution in [0.2, 0.25) is 0 Å². The largest absolute Gasteiger partial charge is 0.354 e. The standard InChI is InChI=1S/C13H10N2/c1-2-9-7-14-8-11-10-5-3-4-6-12(10)15-13(9)11/h2-8,15H,1H2. The Morgan fingerprint density at radius 3 is 2.87 bits per heavy atom. The maximum Gasteiger partial charge on any atom is 0.0569 e. The molecular formula is C13H10N2. The highest BCUT2D eigenvalue weighted by molar-refractivity contribution is 6.08. The van der Waals surface area contributed by atoms with Gasteiger partial charge in [0.25, 0.3) is 0 Å². The summed E-state index contributed by atoms with van der Waals surface area (Å²) < 4.78 is 0. The summed E-state index contributed by atoms with van der Waals surface area (Å²) in [6.45, 7) is 3.79. The Labute approximate surface area is 87.3 Å². The highest BCUT2D eigenvalue weighted by Gasteiger charge is 2.05. The van der Waals surface area contributed by atoms with Crippen LogP contribution in [0.4, 0.5) is 0 Å². The Hall–Kier alpha value is -2.09. The van der Waals surface area contributed by atoms with Gasteiger partial charge in [-0.3, -0.25) is 4.98 Å². The van der Waals surface area contributed by atoms with Gasteiger partial charge in [0.05, 0.1) is 5.52 Å². The van der Waals surface area contributed by atoms with Crippen molar-refractivity contribution in [2.24, 2.45) is 0 Å². The van der Waals surface area contributed by atoms with Crippen LogP contribution >= 0.6 is 0 Å². The molecule has 0 spiro atoms. The molecule has 1 N–H and O–H groups in total. The second-order valence-corrected chi connectivity index (χ2v) is 3.53. The van der Waals surface area contributed by atoms with Gasteiger partial charge in [-0.1, -0.05) is 30.9 Å². The Balaban J connectivity index is 2.59. The van der Waals surface area contributed by atoms with Gasteiger partial charge in [0, 0.05) is 34.2 Å². The lowest BCUT2D eigenvalue weighted by Gasteiger charge is -1.94. The first-order chi connectivity index (χ1) is 7.40. The fourth-order valence-corrected chi connectivity index (χ4v) is 1.94. The average Bonchev–Trinajstić information content (AvgIpc) is 2.67. The molecule has 0 amide bonds. The van der Waals surface area contributed by atoms with E-state index in [2.05, 4.69) is 28.7 Å². The van der Waals surface area contributed by atoms with Crippen molar-refractivity contribution in [2.45, 2.75) is 0 Å². The normalized spacial score (nSPS) is 10.9. The molecule has 3 rings (SSSR count). The lowest BCUT2D eigenvalue weighted by molar-refractivity contribution is 1.35. The van der Waals surface area contributed by atoms with Gasteiger partial charge >= 0.3 is 0 Å². The van der Waals surface area contributed by atoms with Gasteiger partial charge in [-0.05, 0) is 6.07 Å². The molecule has 2 aromatic heterocycles. The highest BCUT2D eigenvalue weighted by Crippen LogP contribution is 2.26. The van der Waals surface area contributed by atoms with Crippen LogP contribution in [0.3, 0.4) is 0 Å². The van der Waals surface area contributed by atoms with Crippen molar-refractivity contribution >= 4 is 27.9 Å². The molecule has 72 valence electrons. The van der Waals surface area contributed by atoms with Crippen LogP contribution in [-0.4, -0.2) is 9.97 Å². The Bertz CT molecular complexity index is 650. The number of nitrogens with zero attached hydrogens (tertiary/aromatic N) is 1. The van der Waals surface area contributed by atoms with E-state index in [0.29, 0.717) is 0 Å². The first kappa shape index (κ1) is 8.24. The fraction of sp³-hybridized carbons (Fsp3) is 0. The predicted octanol–water partition coefficient (Wildman–Crippen LogP) is 3.36. The van der Waals surface area contributed by atoms with Crippen LogP contribution in [0.25, 0.3) is 27.9 Å². The lowest BCUT2D eigenvalue weighted by Crippen LogP contribution is -1.78. The van der Waals surface area contributed by atoms with E-state index >= 15 is 0 Å². The molecule has 0 fully saturated rings. The maximum atomic E-state index is 4.21. The first-order valence-electron chi connectivity index (χ1n) is 4.87. The van der Waals surface area contributed by atoms with Crippen LogP contribution in [0.5, 0.6) is 0 Å². The summed E-state index contributed by atoms with van der Waals surface area (Å²) in [7, 11) is 0. The highest BCUT2D eigenvalue weighted by atomic mass is 14.7. The zero-order chi connectivity index (χ0) is 10.3. The van der Waals surface area contributed by atoms with Crippen LogP contribution in [0.1, 0.15) is 5.56 Å². The number of H-pyrrole nitrogens is 1. The molecule has 3 aromatic rings. The van der Waals surface area contributed by atoms with Crippen molar-refractivity contribution in [1.29, 1.82) is 0 Å². The summed E-state index contributed by atoms with van der Waals surface area (Å²) in [6, 6.07) is 8.24. The van der Waals surface area contributed by atoms with E-state index in [4.69, 9.17) is 0 Å². The van der Waals surface area contributed by atoms with Crippen LogP contribution < -0.4 is 0 Å². The molecule has 0 radical (unpaired) electrons. The van der Waals surface area contributed by atoms with Gasteiger partial charge in [-0.15, -0.1) is 0 Å². The predicted molar refractivity (Wildman–Crippen MR) is 63.7 cm³/mol. The van der Waals surface area contributed by atoms with E-state index in [1.54, 1.807) is 0 Å². The van der Waals surface area contributed by atoms with E-state index in [0.717, 1.165) is 22.0 Å². The summed E-state index contributed by atoms with van der Waals surface area (Å²) in [5, 5.41) is 2.37. The summed E-state index contributed by atoms with van der Waals surface area (Å²) in [5.41, 5.74) is 3.30. The van der Waals surface area contributed by atoms with Crippen LogP contribution in [0.15, 0.2) is 43.2 Å².